The van der Waals surface area contributed by atoms with Gasteiger partial charge in [0.2, 0.25) is 0 Å². The Morgan fingerprint density at radius 1 is 0.553 bits per heavy atom. The van der Waals surface area contributed by atoms with E-state index in [0.717, 1.165) is 44.7 Å². The molecule has 0 saturated heterocycles. The largest absolute Gasteiger partial charge is 0.496 e. The molecule has 5 aromatic carbocycles. The van der Waals surface area contributed by atoms with Crippen LogP contribution in [-0.2, 0) is 0 Å². The van der Waals surface area contributed by atoms with E-state index >= 15 is 0 Å². The van der Waals surface area contributed by atoms with Crippen LogP contribution in [0.25, 0.3) is 33.2 Å². The molecule has 38 heavy (non-hydrogen) atoms. The number of fused-ring (bicyclic) bond motifs is 1. The van der Waals surface area contributed by atoms with Crippen molar-refractivity contribution in [3.05, 3.63) is 144 Å². The third-order valence-corrected chi connectivity index (χ3v) is 6.63. The summed E-state index contributed by atoms with van der Waals surface area (Å²) in [7, 11) is 1.55. The fourth-order valence-corrected chi connectivity index (χ4v) is 4.74. The molecular weight excluding hydrogens is 470 g/mol. The van der Waals surface area contributed by atoms with Crippen molar-refractivity contribution in [3.8, 4) is 28.0 Å². The Morgan fingerprint density at radius 3 is 1.53 bits per heavy atom. The number of rotatable bonds is 6. The Bertz CT molecular complexity index is 1660. The molecule has 6 aromatic rings. The second-order valence-corrected chi connectivity index (χ2v) is 8.98. The fraction of sp³-hybridized carbons (Fsp3) is 0.0294. The molecular formula is C34H25NO3. The first-order valence-electron chi connectivity index (χ1n) is 12.4. The van der Waals surface area contributed by atoms with Crippen LogP contribution < -0.4 is 15.3 Å². The molecule has 0 radical (unpaired) electrons. The highest BCUT2D eigenvalue weighted by Gasteiger charge is 2.16. The van der Waals surface area contributed by atoms with Crippen molar-refractivity contribution in [3.63, 3.8) is 0 Å². The maximum Gasteiger partial charge on any atom is 0.339 e. The average molecular weight is 496 g/mol. The number of hydrogen-bond acceptors (Lipinski definition) is 4. The van der Waals surface area contributed by atoms with Gasteiger partial charge in [0.1, 0.15) is 11.3 Å². The molecule has 0 saturated carbocycles. The molecule has 0 fully saturated rings. The van der Waals surface area contributed by atoms with Gasteiger partial charge in [-0.3, -0.25) is 0 Å². The first-order valence-corrected chi connectivity index (χ1v) is 12.4. The lowest BCUT2D eigenvalue weighted by Crippen LogP contribution is -2.10. The van der Waals surface area contributed by atoms with Crippen LogP contribution in [-0.4, -0.2) is 7.11 Å². The van der Waals surface area contributed by atoms with Gasteiger partial charge in [-0.15, -0.1) is 0 Å². The van der Waals surface area contributed by atoms with Gasteiger partial charge in [-0.2, -0.15) is 0 Å². The van der Waals surface area contributed by atoms with Crippen LogP contribution in [0.5, 0.6) is 5.75 Å². The zero-order valence-electron chi connectivity index (χ0n) is 20.9. The van der Waals surface area contributed by atoms with Crippen molar-refractivity contribution < 1.29 is 9.15 Å². The van der Waals surface area contributed by atoms with E-state index in [2.05, 4.69) is 77.7 Å². The molecule has 6 rings (SSSR count). The van der Waals surface area contributed by atoms with E-state index in [1.165, 1.54) is 6.07 Å². The fourth-order valence-electron chi connectivity index (χ4n) is 4.74. The minimum Gasteiger partial charge on any atom is -0.496 e. The van der Waals surface area contributed by atoms with Gasteiger partial charge in [0, 0.05) is 23.1 Å². The number of nitrogens with zero attached hydrogens (tertiary/aromatic N) is 1. The van der Waals surface area contributed by atoms with Gasteiger partial charge >= 0.3 is 5.63 Å². The minimum atomic E-state index is -0.447. The predicted octanol–water partition coefficient (Wildman–Crippen LogP) is 8.61. The monoisotopic (exact) mass is 495 g/mol. The smallest absolute Gasteiger partial charge is 0.339 e. The molecule has 1 heterocycles. The molecule has 0 spiro atoms. The predicted molar refractivity (Wildman–Crippen MR) is 155 cm³/mol. The topological polar surface area (TPSA) is 42.7 Å². The van der Waals surface area contributed by atoms with Crippen molar-refractivity contribution in [2.75, 3.05) is 12.0 Å². The van der Waals surface area contributed by atoms with E-state index in [1.54, 1.807) is 7.11 Å². The zero-order valence-corrected chi connectivity index (χ0v) is 20.9. The lowest BCUT2D eigenvalue weighted by molar-refractivity contribution is 0.413. The Balaban J connectivity index is 1.46. The molecule has 0 atom stereocenters. The molecule has 0 amide bonds. The number of ether oxygens (including phenoxy) is 1. The molecule has 1 aromatic heterocycles. The molecule has 4 heteroatoms. The SMILES string of the molecule is COc1cc(=O)oc2cc(N(c3ccc(-c4ccccc4)cc3)c3ccc(-c4ccccc4)cc3)ccc12. The maximum atomic E-state index is 12.2. The summed E-state index contributed by atoms with van der Waals surface area (Å²) in [6.07, 6.45) is 0. The van der Waals surface area contributed by atoms with Crippen molar-refractivity contribution in [1.29, 1.82) is 0 Å². The number of benzene rings is 5. The minimum absolute atomic E-state index is 0.447. The quantitative estimate of drug-likeness (QED) is 0.217. The molecule has 184 valence electrons. The van der Waals surface area contributed by atoms with E-state index in [0.29, 0.717) is 11.3 Å². The summed E-state index contributed by atoms with van der Waals surface area (Å²) in [5.41, 5.74) is 7.48. The number of methoxy groups -OCH3 is 1. The van der Waals surface area contributed by atoms with Crippen LogP contribution in [0.15, 0.2) is 143 Å². The summed E-state index contributed by atoms with van der Waals surface area (Å²) in [6.45, 7) is 0. The third kappa shape index (κ3) is 4.56. The van der Waals surface area contributed by atoms with Crippen molar-refractivity contribution in [2.24, 2.45) is 0 Å². The summed E-state index contributed by atoms with van der Waals surface area (Å²) in [5, 5.41) is 0.745. The summed E-state index contributed by atoms with van der Waals surface area (Å²) in [6, 6.07) is 44.8. The molecule has 0 unspecified atom stereocenters. The zero-order chi connectivity index (χ0) is 25.9. The lowest BCUT2D eigenvalue weighted by Gasteiger charge is -2.26. The van der Waals surface area contributed by atoms with Crippen LogP contribution >= 0.6 is 0 Å². The van der Waals surface area contributed by atoms with Crippen LogP contribution in [0.3, 0.4) is 0 Å². The van der Waals surface area contributed by atoms with Crippen molar-refractivity contribution in [2.45, 2.75) is 0 Å². The molecule has 0 aliphatic rings. The Kier molecular flexibility index (Phi) is 6.20. The van der Waals surface area contributed by atoms with Gasteiger partial charge in [-0.25, -0.2) is 4.79 Å². The molecule has 0 aliphatic carbocycles. The Hall–Kier alpha value is -5.09. The highest BCUT2D eigenvalue weighted by Crippen LogP contribution is 2.38. The van der Waals surface area contributed by atoms with Crippen molar-refractivity contribution >= 4 is 28.0 Å². The number of hydrogen-bond donors (Lipinski definition) is 0. The van der Waals surface area contributed by atoms with E-state index in [9.17, 15) is 4.79 Å². The first-order chi connectivity index (χ1) is 18.7. The summed E-state index contributed by atoms with van der Waals surface area (Å²) >= 11 is 0. The van der Waals surface area contributed by atoms with Gasteiger partial charge in [0.25, 0.3) is 0 Å². The van der Waals surface area contributed by atoms with E-state index in [1.807, 2.05) is 54.6 Å². The first kappa shape index (κ1) is 23.3. The average Bonchev–Trinajstić information content (AvgIpc) is 2.98. The molecule has 0 bridgehead atoms. The van der Waals surface area contributed by atoms with Crippen LogP contribution in [0.2, 0.25) is 0 Å². The third-order valence-electron chi connectivity index (χ3n) is 6.63. The highest BCUT2D eigenvalue weighted by atomic mass is 16.5. The number of anilines is 3. The highest BCUT2D eigenvalue weighted by molar-refractivity contribution is 5.89. The van der Waals surface area contributed by atoms with Gasteiger partial charge in [0.05, 0.1) is 18.6 Å². The second-order valence-electron chi connectivity index (χ2n) is 8.98. The molecule has 0 aliphatic heterocycles. The van der Waals surface area contributed by atoms with E-state index < -0.39 is 5.63 Å². The van der Waals surface area contributed by atoms with Gasteiger partial charge in [-0.05, 0) is 58.7 Å². The van der Waals surface area contributed by atoms with E-state index in [-0.39, 0.29) is 0 Å². The van der Waals surface area contributed by atoms with Crippen LogP contribution in [0, 0.1) is 0 Å². The second kappa shape index (κ2) is 10.1. The van der Waals surface area contributed by atoms with Crippen LogP contribution in [0.4, 0.5) is 17.1 Å². The molecule has 4 nitrogen and oxygen atoms in total. The van der Waals surface area contributed by atoms with Crippen molar-refractivity contribution in [1.82, 2.24) is 0 Å². The van der Waals surface area contributed by atoms with E-state index in [4.69, 9.17) is 9.15 Å². The standard InChI is InChI=1S/C34H25NO3/c1-37-32-23-34(36)38-33-22-30(20-21-31(32)33)35(28-16-12-26(13-17-28)24-8-4-2-5-9-24)29-18-14-27(15-19-29)25-10-6-3-7-11-25/h2-23H,1H3. The van der Waals surface area contributed by atoms with Gasteiger partial charge < -0.3 is 14.1 Å². The van der Waals surface area contributed by atoms with Gasteiger partial charge in [0.15, 0.2) is 0 Å². The normalized spacial score (nSPS) is 10.9. The summed E-state index contributed by atoms with van der Waals surface area (Å²) in [4.78, 5) is 14.3. The maximum absolute atomic E-state index is 12.2. The summed E-state index contributed by atoms with van der Waals surface area (Å²) < 4.78 is 11.0. The lowest BCUT2D eigenvalue weighted by atomic mass is 10.0. The summed E-state index contributed by atoms with van der Waals surface area (Å²) in [5.74, 6) is 0.494. The van der Waals surface area contributed by atoms with Crippen LogP contribution in [0.1, 0.15) is 0 Å². The Morgan fingerprint density at radius 2 is 1.03 bits per heavy atom. The molecule has 0 N–H and O–H groups in total. The Labute approximate surface area is 221 Å². The van der Waals surface area contributed by atoms with Gasteiger partial charge in [-0.1, -0.05) is 84.9 Å².